The first kappa shape index (κ1) is 74.8. The maximum Gasteiger partial charge on any atom is 0.306 e. The van der Waals surface area contributed by atoms with Crippen molar-refractivity contribution in [2.75, 3.05) is 13.2 Å². The number of esters is 3. The van der Waals surface area contributed by atoms with Gasteiger partial charge in [-0.1, -0.05) is 284 Å². The minimum atomic E-state index is -0.826. The van der Waals surface area contributed by atoms with Gasteiger partial charge in [-0.05, 0) is 122 Å². The lowest BCUT2D eigenvalue weighted by molar-refractivity contribution is -0.166. The first-order valence-electron chi connectivity index (χ1n) is 33.0. The number of allylic oxidation sites excluding steroid dienone is 20. The lowest BCUT2D eigenvalue weighted by Crippen LogP contribution is -2.30. The summed E-state index contributed by atoms with van der Waals surface area (Å²) in [6.07, 6.45) is 92.3. The molecule has 0 heterocycles. The monoisotopic (exact) mass is 1090 g/mol. The summed E-state index contributed by atoms with van der Waals surface area (Å²) in [5, 5.41) is 0. The Labute approximate surface area is 488 Å². The Morgan fingerprint density at radius 1 is 0.266 bits per heavy atom. The molecule has 0 spiro atoms. The van der Waals surface area contributed by atoms with Crippen LogP contribution in [0.1, 0.15) is 303 Å². The molecular weight excluding hydrogens is 973 g/mol. The summed E-state index contributed by atoms with van der Waals surface area (Å²) >= 11 is 0. The van der Waals surface area contributed by atoms with Gasteiger partial charge in [0.25, 0.3) is 0 Å². The van der Waals surface area contributed by atoms with Crippen LogP contribution in [0.15, 0.2) is 122 Å². The molecule has 0 aliphatic heterocycles. The molecule has 0 saturated carbocycles. The van der Waals surface area contributed by atoms with Crippen molar-refractivity contribution in [1.29, 1.82) is 0 Å². The van der Waals surface area contributed by atoms with Gasteiger partial charge in [-0.25, -0.2) is 0 Å². The van der Waals surface area contributed by atoms with Gasteiger partial charge >= 0.3 is 17.9 Å². The third kappa shape index (κ3) is 64.5. The molecule has 6 heteroatoms. The molecular formula is C73H122O6. The predicted molar refractivity (Wildman–Crippen MR) is 343 cm³/mol. The number of rotatable bonds is 59. The molecule has 0 fully saturated rings. The Balaban J connectivity index is 4.35. The Hall–Kier alpha value is -4.19. The molecule has 0 bridgehead atoms. The fraction of sp³-hybridized carbons (Fsp3) is 0.685. The first-order valence-corrected chi connectivity index (χ1v) is 33.0. The van der Waals surface area contributed by atoms with Crippen LogP contribution < -0.4 is 0 Å². The lowest BCUT2D eigenvalue weighted by Gasteiger charge is -2.18. The summed E-state index contributed by atoms with van der Waals surface area (Å²) in [5.41, 5.74) is 0. The Morgan fingerprint density at radius 2 is 0.519 bits per heavy atom. The number of carbonyl (C=O) groups is 3. The van der Waals surface area contributed by atoms with Gasteiger partial charge in [0.05, 0.1) is 0 Å². The van der Waals surface area contributed by atoms with Crippen LogP contribution in [-0.4, -0.2) is 37.2 Å². The zero-order chi connectivity index (χ0) is 57.1. The fourth-order valence-electron chi connectivity index (χ4n) is 9.00. The highest BCUT2D eigenvalue weighted by atomic mass is 16.6. The molecule has 0 aromatic rings. The van der Waals surface area contributed by atoms with E-state index in [4.69, 9.17) is 14.2 Å². The number of hydrogen-bond donors (Lipinski definition) is 0. The normalized spacial score (nSPS) is 12.9. The van der Waals surface area contributed by atoms with E-state index >= 15 is 0 Å². The third-order valence-corrected chi connectivity index (χ3v) is 13.9. The molecule has 1 atom stereocenters. The van der Waals surface area contributed by atoms with Gasteiger partial charge in [-0.3, -0.25) is 14.4 Å². The Bertz CT molecular complexity index is 1640. The number of ether oxygens (including phenoxy) is 3. The zero-order valence-electron chi connectivity index (χ0n) is 51.6. The van der Waals surface area contributed by atoms with Crippen LogP contribution in [-0.2, 0) is 28.6 Å². The van der Waals surface area contributed by atoms with Crippen molar-refractivity contribution >= 4 is 17.9 Å². The van der Waals surface area contributed by atoms with Crippen molar-refractivity contribution in [3.05, 3.63) is 122 Å². The minimum Gasteiger partial charge on any atom is -0.462 e. The second-order valence-electron chi connectivity index (χ2n) is 21.6. The minimum absolute atomic E-state index is 0.112. The number of unbranched alkanes of at least 4 members (excludes halogenated alkanes) is 28. The third-order valence-electron chi connectivity index (χ3n) is 13.9. The summed E-state index contributed by atoms with van der Waals surface area (Å²) in [4.78, 5) is 38.3. The van der Waals surface area contributed by atoms with E-state index in [1.54, 1.807) is 0 Å². The second-order valence-corrected chi connectivity index (χ2v) is 21.6. The van der Waals surface area contributed by atoms with Crippen LogP contribution in [0.5, 0.6) is 0 Å². The summed E-state index contributed by atoms with van der Waals surface area (Å²) in [6, 6.07) is 0. The molecule has 0 aliphatic rings. The molecule has 0 radical (unpaired) electrons. The predicted octanol–water partition coefficient (Wildman–Crippen LogP) is 22.8. The molecule has 6 nitrogen and oxygen atoms in total. The standard InChI is InChI=1S/C73H122O6/c1-4-7-10-13-16-19-22-25-27-29-31-32-33-34-35-36-37-38-39-40-42-43-45-48-51-54-57-60-63-66-72(75)78-69-70(68-77-71(74)65-62-59-56-53-50-47-24-21-18-15-12-9-6-3)79-73(76)67-64-61-58-55-52-49-46-44-41-30-28-26-23-20-17-14-11-8-5-2/h8,11,17,20-22,24-26,28-29,31,33-34,41,44,49,52,58,61,70H,4-7,9-10,12-16,18-19,23,27,30,32,35-40,42-43,45-48,50-51,53-57,59-60,62-69H2,1-3H3/b11-8-,20-17-,24-21-,25-22-,28-26-,31-29-,34-33-,44-41-,52-49-,61-58-. The largest absolute Gasteiger partial charge is 0.462 e. The van der Waals surface area contributed by atoms with Crippen LogP contribution in [0.2, 0.25) is 0 Å². The highest BCUT2D eigenvalue weighted by Gasteiger charge is 2.19. The van der Waals surface area contributed by atoms with Crippen LogP contribution in [0, 0.1) is 0 Å². The molecule has 79 heavy (non-hydrogen) atoms. The second kappa shape index (κ2) is 66.3. The average molecular weight is 1100 g/mol. The van der Waals surface area contributed by atoms with Crippen molar-refractivity contribution in [3.8, 4) is 0 Å². The van der Waals surface area contributed by atoms with Crippen molar-refractivity contribution < 1.29 is 28.6 Å². The molecule has 1 unspecified atom stereocenters. The van der Waals surface area contributed by atoms with Crippen molar-refractivity contribution in [2.24, 2.45) is 0 Å². The SMILES string of the molecule is CC/C=C\C/C=C\C/C=C\C/C=C\C/C=C\C/C=C\CCC(=O)OC(COC(=O)CCCCCCC/C=C\CCCCCC)COC(=O)CCCCCCCCCCCCCCCC/C=C\C/C=C\C/C=C\CCCCCCC. The van der Waals surface area contributed by atoms with Gasteiger partial charge in [0, 0.05) is 19.3 Å². The van der Waals surface area contributed by atoms with Crippen LogP contribution in [0.4, 0.5) is 0 Å². The van der Waals surface area contributed by atoms with Gasteiger partial charge in [-0.2, -0.15) is 0 Å². The molecule has 0 rings (SSSR count). The van der Waals surface area contributed by atoms with E-state index in [1.165, 1.54) is 154 Å². The first-order chi connectivity index (χ1) is 39.0. The van der Waals surface area contributed by atoms with Gasteiger partial charge in [0.1, 0.15) is 13.2 Å². The topological polar surface area (TPSA) is 78.9 Å². The van der Waals surface area contributed by atoms with Gasteiger partial charge in [-0.15, -0.1) is 0 Å². The Kier molecular flexibility index (Phi) is 62.8. The van der Waals surface area contributed by atoms with E-state index in [2.05, 4.69) is 136 Å². The lowest BCUT2D eigenvalue weighted by atomic mass is 10.0. The molecule has 0 aromatic heterocycles. The molecule has 0 aromatic carbocycles. The van der Waals surface area contributed by atoms with Crippen LogP contribution >= 0.6 is 0 Å². The quantitative estimate of drug-likeness (QED) is 0.0261. The van der Waals surface area contributed by atoms with Crippen LogP contribution in [0.25, 0.3) is 0 Å². The van der Waals surface area contributed by atoms with E-state index in [1.807, 2.05) is 6.08 Å². The molecule has 0 saturated heterocycles. The van der Waals surface area contributed by atoms with E-state index in [-0.39, 0.29) is 31.6 Å². The highest BCUT2D eigenvalue weighted by molar-refractivity contribution is 5.71. The average Bonchev–Trinajstić information content (AvgIpc) is 3.45. The summed E-state index contributed by atoms with van der Waals surface area (Å²) in [5.74, 6) is -1.00. The molecule has 0 amide bonds. The van der Waals surface area contributed by atoms with Crippen molar-refractivity contribution in [1.82, 2.24) is 0 Å². The van der Waals surface area contributed by atoms with E-state index in [0.29, 0.717) is 19.3 Å². The van der Waals surface area contributed by atoms with E-state index in [9.17, 15) is 14.4 Å². The van der Waals surface area contributed by atoms with Gasteiger partial charge in [0.2, 0.25) is 0 Å². The summed E-state index contributed by atoms with van der Waals surface area (Å²) in [6.45, 7) is 6.44. The van der Waals surface area contributed by atoms with E-state index < -0.39 is 12.1 Å². The smallest absolute Gasteiger partial charge is 0.306 e. The highest BCUT2D eigenvalue weighted by Crippen LogP contribution is 2.16. The van der Waals surface area contributed by atoms with Crippen LogP contribution in [0.3, 0.4) is 0 Å². The fourth-order valence-corrected chi connectivity index (χ4v) is 9.00. The van der Waals surface area contributed by atoms with Gasteiger partial charge < -0.3 is 14.2 Å². The van der Waals surface area contributed by atoms with E-state index in [0.717, 1.165) is 103 Å². The molecule has 0 N–H and O–H groups in total. The maximum absolute atomic E-state index is 12.9. The number of hydrogen-bond acceptors (Lipinski definition) is 6. The summed E-state index contributed by atoms with van der Waals surface area (Å²) < 4.78 is 16.8. The molecule has 450 valence electrons. The Morgan fingerprint density at radius 3 is 0.848 bits per heavy atom. The number of carbonyl (C=O) groups excluding carboxylic acids is 3. The van der Waals surface area contributed by atoms with Gasteiger partial charge in [0.15, 0.2) is 6.10 Å². The zero-order valence-corrected chi connectivity index (χ0v) is 51.6. The van der Waals surface area contributed by atoms with Crippen molar-refractivity contribution in [3.63, 3.8) is 0 Å². The maximum atomic E-state index is 12.9. The van der Waals surface area contributed by atoms with Crippen molar-refractivity contribution in [2.45, 2.75) is 309 Å². The summed E-state index contributed by atoms with van der Waals surface area (Å²) in [7, 11) is 0. The molecule has 0 aliphatic carbocycles.